The molecule has 1 unspecified atom stereocenters. The number of nitrogens with zero attached hydrogens (tertiary/aromatic N) is 1. The lowest BCUT2D eigenvalue weighted by molar-refractivity contribution is -0.384. The van der Waals surface area contributed by atoms with E-state index >= 15 is 0 Å². The molecule has 1 fully saturated rings. The van der Waals surface area contributed by atoms with Gasteiger partial charge in [-0.05, 0) is 6.42 Å². The Morgan fingerprint density at radius 1 is 1.33 bits per heavy atom. The van der Waals surface area contributed by atoms with Crippen LogP contribution < -0.4 is 21.7 Å². The van der Waals surface area contributed by atoms with Gasteiger partial charge in [-0.15, -0.1) is 0 Å². The van der Waals surface area contributed by atoms with Crippen molar-refractivity contribution in [3.05, 3.63) is 58.8 Å². The smallest absolute Gasteiger partial charge is 0.270 e. The summed E-state index contributed by atoms with van der Waals surface area (Å²) in [6, 6.07) is 5.87. The lowest BCUT2D eigenvalue weighted by Gasteiger charge is -2.12. The molecule has 9 heteroatoms. The Hall–Kier alpha value is -3.36. The topological polar surface area (TPSA) is 125 Å². The van der Waals surface area contributed by atoms with Crippen molar-refractivity contribution in [1.29, 1.82) is 0 Å². The van der Waals surface area contributed by atoms with Crippen LogP contribution in [0.15, 0.2) is 43.1 Å². The molecule has 0 bridgehead atoms. The van der Waals surface area contributed by atoms with Crippen molar-refractivity contribution in [1.82, 2.24) is 21.7 Å². The van der Waals surface area contributed by atoms with Gasteiger partial charge in [-0.3, -0.25) is 36.0 Å². The molecule has 1 heterocycles. The fourth-order valence-corrected chi connectivity index (χ4v) is 2.14. The van der Waals surface area contributed by atoms with E-state index in [0.29, 0.717) is 23.4 Å². The summed E-state index contributed by atoms with van der Waals surface area (Å²) in [6.07, 6.45) is 0.419. The maximum Gasteiger partial charge on any atom is 0.270 e. The summed E-state index contributed by atoms with van der Waals surface area (Å²) >= 11 is 0. The Bertz CT molecular complexity index is 700. The van der Waals surface area contributed by atoms with Gasteiger partial charge in [0.2, 0.25) is 11.8 Å². The highest BCUT2D eigenvalue weighted by atomic mass is 16.6. The van der Waals surface area contributed by atoms with Gasteiger partial charge < -0.3 is 5.43 Å². The molecule has 0 saturated carbocycles. The van der Waals surface area contributed by atoms with Gasteiger partial charge in [0, 0.05) is 29.8 Å². The summed E-state index contributed by atoms with van der Waals surface area (Å²) in [4.78, 5) is 33.5. The van der Waals surface area contributed by atoms with Gasteiger partial charge in [-0.25, -0.2) is 0 Å². The Labute approximate surface area is 137 Å². The van der Waals surface area contributed by atoms with Gasteiger partial charge in [-0.2, -0.15) is 0 Å². The lowest BCUT2D eigenvalue weighted by Crippen LogP contribution is -2.36. The third kappa shape index (κ3) is 4.09. The summed E-state index contributed by atoms with van der Waals surface area (Å²) in [5.41, 5.74) is 11.4. The molecule has 4 N–H and O–H groups in total. The Balaban J connectivity index is 1.82. The van der Waals surface area contributed by atoms with Crippen LogP contribution >= 0.6 is 0 Å². The van der Waals surface area contributed by atoms with Crippen molar-refractivity contribution in [2.75, 3.05) is 0 Å². The third-order valence-electron chi connectivity index (χ3n) is 3.50. The number of carbonyl (C=O) groups excluding carboxylic acids is 2. The van der Waals surface area contributed by atoms with Gasteiger partial charge >= 0.3 is 0 Å². The molecule has 0 radical (unpaired) electrons. The van der Waals surface area contributed by atoms with Crippen LogP contribution in [0, 0.1) is 16.0 Å². The minimum absolute atomic E-state index is 0.0694. The predicted molar refractivity (Wildman–Crippen MR) is 86.6 cm³/mol. The van der Waals surface area contributed by atoms with Crippen LogP contribution in [0.5, 0.6) is 0 Å². The maximum absolute atomic E-state index is 11.8. The zero-order valence-electron chi connectivity index (χ0n) is 12.8. The molecule has 0 aliphatic carbocycles. The molecule has 1 aromatic rings. The molecule has 1 aliphatic heterocycles. The van der Waals surface area contributed by atoms with E-state index in [2.05, 4.69) is 34.9 Å². The summed E-state index contributed by atoms with van der Waals surface area (Å²) < 4.78 is 0. The molecule has 2 amide bonds. The summed E-state index contributed by atoms with van der Waals surface area (Å²) in [7, 11) is 0. The van der Waals surface area contributed by atoms with Crippen molar-refractivity contribution in [3.8, 4) is 0 Å². The second-order valence-corrected chi connectivity index (χ2v) is 5.19. The highest BCUT2D eigenvalue weighted by Gasteiger charge is 2.28. The zero-order valence-corrected chi connectivity index (χ0v) is 12.8. The summed E-state index contributed by atoms with van der Waals surface area (Å²) in [5, 5.41) is 10.7. The highest BCUT2D eigenvalue weighted by molar-refractivity contribution is 5.84. The normalized spacial score (nSPS) is 16.1. The monoisotopic (exact) mass is 331 g/mol. The first-order valence-electron chi connectivity index (χ1n) is 7.11. The van der Waals surface area contributed by atoms with Crippen LogP contribution in [0.2, 0.25) is 0 Å². The lowest BCUT2D eigenvalue weighted by atomic mass is 10.0. The van der Waals surface area contributed by atoms with Crippen LogP contribution in [-0.4, -0.2) is 16.7 Å². The first-order chi connectivity index (χ1) is 11.4. The highest BCUT2D eigenvalue weighted by Crippen LogP contribution is 2.18. The number of nitrogens with one attached hydrogen (secondary N) is 4. The van der Waals surface area contributed by atoms with Crippen LogP contribution in [0.4, 0.5) is 5.69 Å². The number of benzene rings is 1. The van der Waals surface area contributed by atoms with E-state index in [9.17, 15) is 19.7 Å². The van der Waals surface area contributed by atoms with E-state index in [1.165, 1.54) is 18.2 Å². The van der Waals surface area contributed by atoms with Gasteiger partial charge in [0.1, 0.15) is 0 Å². The van der Waals surface area contributed by atoms with E-state index < -0.39 is 10.8 Å². The molecule has 9 nitrogen and oxygen atoms in total. The molecule has 1 atom stereocenters. The second-order valence-electron chi connectivity index (χ2n) is 5.19. The van der Waals surface area contributed by atoms with Crippen molar-refractivity contribution >= 4 is 23.2 Å². The molecule has 126 valence electrons. The van der Waals surface area contributed by atoms with Crippen molar-refractivity contribution < 1.29 is 14.5 Å². The molecule has 1 aromatic carbocycles. The first-order valence-corrected chi connectivity index (χ1v) is 7.11. The van der Waals surface area contributed by atoms with E-state index in [4.69, 9.17) is 0 Å². The van der Waals surface area contributed by atoms with Crippen LogP contribution in [0.3, 0.4) is 0 Å². The SMILES string of the molecule is C=C(NNC(=O)CCC1C(=C)NNC1=O)c1cccc([N+](=O)[O-])c1. The van der Waals surface area contributed by atoms with Gasteiger partial charge in [0.15, 0.2) is 0 Å². The van der Waals surface area contributed by atoms with Gasteiger partial charge in [-0.1, -0.05) is 25.3 Å². The van der Waals surface area contributed by atoms with E-state index in [1.807, 2.05) is 0 Å². The number of non-ortho nitro benzene ring substituents is 1. The Kier molecular flexibility index (Phi) is 5.15. The fourth-order valence-electron chi connectivity index (χ4n) is 2.14. The summed E-state index contributed by atoms with van der Waals surface area (Å²) in [5.74, 6) is -1.01. The number of hydrogen-bond donors (Lipinski definition) is 4. The number of rotatable bonds is 7. The number of amides is 2. The van der Waals surface area contributed by atoms with Crippen LogP contribution in [-0.2, 0) is 9.59 Å². The van der Waals surface area contributed by atoms with Crippen LogP contribution in [0.25, 0.3) is 5.70 Å². The molecule has 24 heavy (non-hydrogen) atoms. The Morgan fingerprint density at radius 2 is 2.08 bits per heavy atom. The average Bonchev–Trinajstić information content (AvgIpc) is 2.89. The predicted octanol–water partition coefficient (Wildman–Crippen LogP) is 0.731. The standard InChI is InChI=1S/C15H17N5O4/c1-9(11-4-3-5-12(8-11)20(23)24)16-18-14(21)7-6-13-10(2)17-19-15(13)22/h3-5,8,13,16-17H,1-2,6-7H2,(H,18,21)(H,19,22). The number of nitro groups is 1. The van der Waals surface area contributed by atoms with E-state index in [-0.39, 0.29) is 23.9 Å². The number of hydrogen-bond acceptors (Lipinski definition) is 6. The Morgan fingerprint density at radius 3 is 2.71 bits per heavy atom. The molecule has 0 spiro atoms. The molecule has 1 aliphatic rings. The van der Waals surface area contributed by atoms with Crippen molar-refractivity contribution in [2.24, 2.45) is 5.92 Å². The quantitative estimate of drug-likeness (QED) is 0.431. The zero-order chi connectivity index (χ0) is 17.7. The maximum atomic E-state index is 11.8. The number of nitro benzene ring substituents is 1. The average molecular weight is 331 g/mol. The minimum Gasteiger partial charge on any atom is -0.303 e. The molecular formula is C15H17N5O4. The van der Waals surface area contributed by atoms with Gasteiger partial charge in [0.05, 0.1) is 16.5 Å². The largest absolute Gasteiger partial charge is 0.303 e. The second kappa shape index (κ2) is 7.27. The molecule has 2 rings (SSSR count). The van der Waals surface area contributed by atoms with Crippen LogP contribution in [0.1, 0.15) is 18.4 Å². The third-order valence-corrected chi connectivity index (χ3v) is 3.50. The molecular weight excluding hydrogens is 314 g/mol. The van der Waals surface area contributed by atoms with E-state index in [0.717, 1.165) is 0 Å². The van der Waals surface area contributed by atoms with Gasteiger partial charge in [0.25, 0.3) is 5.69 Å². The molecule has 1 saturated heterocycles. The first kappa shape index (κ1) is 17.0. The number of hydrazine groups is 2. The van der Waals surface area contributed by atoms with E-state index in [1.54, 1.807) is 6.07 Å². The number of carbonyl (C=O) groups is 2. The fraction of sp³-hybridized carbons (Fsp3) is 0.200. The van der Waals surface area contributed by atoms with Crippen molar-refractivity contribution in [3.63, 3.8) is 0 Å². The summed E-state index contributed by atoms with van der Waals surface area (Å²) in [6.45, 7) is 7.41. The molecule has 0 aromatic heterocycles. The minimum atomic E-state index is -0.511. The van der Waals surface area contributed by atoms with Crippen molar-refractivity contribution in [2.45, 2.75) is 12.8 Å².